The average molecular weight is 207 g/mol. The largest absolute Gasteiger partial charge is 0.491 e. The summed E-state index contributed by atoms with van der Waals surface area (Å²) in [5.41, 5.74) is 9.19. The number of hydrogen-bond donors (Lipinski definition) is 1. The average Bonchev–Trinajstić information content (AvgIpc) is 2.25. The second kappa shape index (κ2) is 5.90. The zero-order valence-corrected chi connectivity index (χ0v) is 8.50. The van der Waals surface area contributed by atoms with Gasteiger partial charge in [-0.3, -0.25) is 0 Å². The van der Waals surface area contributed by atoms with Crippen molar-refractivity contribution < 1.29 is 9.84 Å². The molecule has 1 unspecified atom stereocenters. The van der Waals surface area contributed by atoms with E-state index in [1.165, 1.54) is 0 Å². The molecule has 0 aliphatic heterocycles. The van der Waals surface area contributed by atoms with Gasteiger partial charge in [0.1, 0.15) is 12.4 Å². The zero-order valence-electron chi connectivity index (χ0n) is 8.50. The number of nitrogens with zero attached hydrogens (tertiary/aromatic N) is 3. The Bertz CT molecular complexity index is 344. The van der Waals surface area contributed by atoms with Crippen LogP contribution in [0.1, 0.15) is 5.56 Å². The fraction of sp³-hybridized carbons (Fsp3) is 0.400. The monoisotopic (exact) mass is 207 g/mol. The molecular weight excluding hydrogens is 194 g/mol. The van der Waals surface area contributed by atoms with Crippen LogP contribution in [0.15, 0.2) is 29.4 Å². The fourth-order valence-corrected chi connectivity index (χ4v) is 1.01. The Morgan fingerprint density at radius 1 is 1.47 bits per heavy atom. The highest BCUT2D eigenvalue weighted by molar-refractivity contribution is 5.26. The molecule has 0 aromatic heterocycles. The van der Waals surface area contributed by atoms with Crippen molar-refractivity contribution in [2.45, 2.75) is 13.0 Å². The molecule has 15 heavy (non-hydrogen) atoms. The van der Waals surface area contributed by atoms with E-state index in [1.54, 1.807) is 0 Å². The van der Waals surface area contributed by atoms with Gasteiger partial charge in [0.15, 0.2) is 0 Å². The minimum absolute atomic E-state index is 0.0301. The Kier molecular flexibility index (Phi) is 4.47. The molecule has 0 spiro atoms. The summed E-state index contributed by atoms with van der Waals surface area (Å²) in [5.74, 6) is 0.695. The molecule has 80 valence electrons. The Morgan fingerprint density at radius 3 is 2.73 bits per heavy atom. The van der Waals surface area contributed by atoms with Gasteiger partial charge < -0.3 is 9.84 Å². The van der Waals surface area contributed by atoms with Gasteiger partial charge in [0.25, 0.3) is 0 Å². The summed E-state index contributed by atoms with van der Waals surface area (Å²) in [6.45, 7) is 2.14. The molecule has 5 nitrogen and oxygen atoms in total. The Balaban J connectivity index is 2.36. The maximum Gasteiger partial charge on any atom is 0.119 e. The lowest BCUT2D eigenvalue weighted by atomic mass is 10.2. The molecule has 0 aliphatic rings. The molecule has 1 atom stereocenters. The maximum absolute atomic E-state index is 9.31. The van der Waals surface area contributed by atoms with Crippen molar-refractivity contribution in [1.29, 1.82) is 0 Å². The van der Waals surface area contributed by atoms with Gasteiger partial charge in [0.2, 0.25) is 0 Å². The third-order valence-electron chi connectivity index (χ3n) is 1.82. The predicted octanol–water partition coefficient (Wildman–Crippen LogP) is 2.05. The SMILES string of the molecule is Cc1ccc(OCC(O)CN=[N+]=[N-])cc1. The molecule has 0 amide bonds. The Hall–Kier alpha value is -1.71. The molecule has 0 radical (unpaired) electrons. The summed E-state index contributed by atoms with van der Waals surface area (Å²) >= 11 is 0. The van der Waals surface area contributed by atoms with E-state index in [-0.39, 0.29) is 13.2 Å². The number of benzene rings is 1. The number of rotatable bonds is 5. The second-order valence-corrected chi connectivity index (χ2v) is 3.19. The summed E-state index contributed by atoms with van der Waals surface area (Å²) in [7, 11) is 0. The normalized spacial score (nSPS) is 11.6. The van der Waals surface area contributed by atoms with Crippen molar-refractivity contribution in [2.24, 2.45) is 5.11 Å². The number of aryl methyl sites for hydroxylation is 1. The van der Waals surface area contributed by atoms with Crippen LogP contribution >= 0.6 is 0 Å². The Morgan fingerprint density at radius 2 is 2.13 bits per heavy atom. The van der Waals surface area contributed by atoms with Crippen molar-refractivity contribution >= 4 is 0 Å². The van der Waals surface area contributed by atoms with Crippen LogP contribution in [0.3, 0.4) is 0 Å². The van der Waals surface area contributed by atoms with Crippen molar-refractivity contribution in [2.75, 3.05) is 13.2 Å². The van der Waals surface area contributed by atoms with Crippen molar-refractivity contribution in [1.82, 2.24) is 0 Å². The van der Waals surface area contributed by atoms with E-state index in [4.69, 9.17) is 10.3 Å². The van der Waals surface area contributed by atoms with Gasteiger partial charge in [0, 0.05) is 4.91 Å². The molecule has 0 bridgehead atoms. The first kappa shape index (κ1) is 11.4. The van der Waals surface area contributed by atoms with Crippen molar-refractivity contribution in [3.63, 3.8) is 0 Å². The summed E-state index contributed by atoms with van der Waals surface area (Å²) in [4.78, 5) is 2.55. The molecule has 5 heteroatoms. The lowest BCUT2D eigenvalue weighted by molar-refractivity contribution is 0.114. The van der Waals surface area contributed by atoms with E-state index in [0.29, 0.717) is 5.75 Å². The van der Waals surface area contributed by atoms with Crippen molar-refractivity contribution in [3.05, 3.63) is 40.3 Å². The van der Waals surface area contributed by atoms with Crippen LogP contribution in [0.2, 0.25) is 0 Å². The number of ether oxygens (including phenoxy) is 1. The van der Waals surface area contributed by atoms with Gasteiger partial charge in [-0.15, -0.1) is 0 Å². The number of hydrogen-bond acceptors (Lipinski definition) is 3. The minimum Gasteiger partial charge on any atom is -0.491 e. The third-order valence-corrected chi connectivity index (χ3v) is 1.82. The first-order valence-corrected chi connectivity index (χ1v) is 4.61. The van der Waals surface area contributed by atoms with Crippen LogP contribution in [0.25, 0.3) is 10.4 Å². The van der Waals surface area contributed by atoms with E-state index in [1.807, 2.05) is 31.2 Å². The molecule has 0 fully saturated rings. The molecule has 1 aromatic rings. The predicted molar refractivity (Wildman–Crippen MR) is 56.7 cm³/mol. The van der Waals surface area contributed by atoms with Crippen LogP contribution in [0, 0.1) is 6.92 Å². The summed E-state index contributed by atoms with van der Waals surface area (Å²) in [5, 5.41) is 12.6. The third kappa shape index (κ3) is 4.35. The number of azide groups is 1. The van der Waals surface area contributed by atoms with Crippen LogP contribution in [-0.2, 0) is 0 Å². The fourth-order valence-electron chi connectivity index (χ4n) is 1.01. The quantitative estimate of drug-likeness (QED) is 0.455. The smallest absolute Gasteiger partial charge is 0.119 e. The van der Waals surface area contributed by atoms with E-state index in [2.05, 4.69) is 10.0 Å². The second-order valence-electron chi connectivity index (χ2n) is 3.19. The summed E-state index contributed by atoms with van der Waals surface area (Å²) in [6, 6.07) is 7.51. The lowest BCUT2D eigenvalue weighted by Gasteiger charge is -2.09. The maximum atomic E-state index is 9.31. The van der Waals surface area contributed by atoms with Gasteiger partial charge in [0.05, 0.1) is 12.6 Å². The first-order valence-electron chi connectivity index (χ1n) is 4.61. The van der Waals surface area contributed by atoms with E-state index in [0.717, 1.165) is 5.56 Å². The summed E-state index contributed by atoms with van der Waals surface area (Å²) in [6.07, 6.45) is -0.762. The molecule has 0 heterocycles. The molecule has 1 aromatic carbocycles. The van der Waals surface area contributed by atoms with Gasteiger partial charge in [-0.25, -0.2) is 0 Å². The first-order chi connectivity index (χ1) is 7.22. The highest BCUT2D eigenvalue weighted by Gasteiger charge is 2.03. The molecule has 0 aliphatic carbocycles. The molecule has 1 N–H and O–H groups in total. The minimum atomic E-state index is -0.762. The zero-order chi connectivity index (χ0) is 11.1. The van der Waals surface area contributed by atoms with Crippen molar-refractivity contribution in [3.8, 4) is 5.75 Å². The van der Waals surface area contributed by atoms with Crippen LogP contribution < -0.4 is 4.74 Å². The topological polar surface area (TPSA) is 78.2 Å². The molecule has 1 rings (SSSR count). The van der Waals surface area contributed by atoms with Crippen LogP contribution in [-0.4, -0.2) is 24.4 Å². The van der Waals surface area contributed by atoms with Crippen LogP contribution in [0.4, 0.5) is 0 Å². The van der Waals surface area contributed by atoms with Crippen LogP contribution in [0.5, 0.6) is 5.75 Å². The van der Waals surface area contributed by atoms with E-state index in [9.17, 15) is 5.11 Å². The molecular formula is C10H13N3O2. The van der Waals surface area contributed by atoms with Gasteiger partial charge in [-0.1, -0.05) is 22.8 Å². The molecule has 0 saturated carbocycles. The van der Waals surface area contributed by atoms with Gasteiger partial charge in [-0.2, -0.15) is 0 Å². The number of aliphatic hydroxyl groups is 1. The molecule has 0 saturated heterocycles. The van der Waals surface area contributed by atoms with E-state index >= 15 is 0 Å². The number of aliphatic hydroxyl groups excluding tert-OH is 1. The summed E-state index contributed by atoms with van der Waals surface area (Å²) < 4.78 is 5.29. The lowest BCUT2D eigenvalue weighted by Crippen LogP contribution is -2.20. The highest BCUT2D eigenvalue weighted by Crippen LogP contribution is 2.11. The van der Waals surface area contributed by atoms with E-state index < -0.39 is 6.10 Å². The Labute approximate surface area is 87.9 Å². The van der Waals surface area contributed by atoms with Gasteiger partial charge in [-0.05, 0) is 24.6 Å². The highest BCUT2D eigenvalue weighted by atomic mass is 16.5. The van der Waals surface area contributed by atoms with Gasteiger partial charge >= 0.3 is 0 Å². The standard InChI is InChI=1S/C10H13N3O2/c1-8-2-4-10(5-3-8)15-7-9(14)6-12-13-11/h2-5,9,14H,6-7H2,1H3.